The van der Waals surface area contributed by atoms with Crippen LogP contribution in [0.3, 0.4) is 0 Å². The molecule has 3 aromatic rings. The van der Waals surface area contributed by atoms with E-state index in [0.29, 0.717) is 35.6 Å². The van der Waals surface area contributed by atoms with Crippen LogP contribution < -0.4 is 10.9 Å². The SMILES string of the molecule is Cc1ccc(NC(=O)N2CCCC(c3nc4c(c(C)nn4C(C)(C)C)c(=O)[nH]3)C2)cc1C. The van der Waals surface area contributed by atoms with E-state index >= 15 is 0 Å². The van der Waals surface area contributed by atoms with Crippen LogP contribution in [0.25, 0.3) is 11.0 Å². The molecule has 0 saturated carbocycles. The molecule has 0 radical (unpaired) electrons. The monoisotopic (exact) mass is 436 g/mol. The summed E-state index contributed by atoms with van der Waals surface area (Å²) in [5, 5.41) is 8.11. The first-order valence-corrected chi connectivity index (χ1v) is 11.2. The van der Waals surface area contributed by atoms with Gasteiger partial charge in [-0.05, 0) is 77.6 Å². The summed E-state index contributed by atoms with van der Waals surface area (Å²) in [6.07, 6.45) is 1.72. The average Bonchev–Trinajstić information content (AvgIpc) is 3.08. The first-order valence-electron chi connectivity index (χ1n) is 11.2. The highest BCUT2D eigenvalue weighted by Gasteiger charge is 2.29. The molecule has 0 spiro atoms. The first-order chi connectivity index (χ1) is 15.0. The normalized spacial score (nSPS) is 17.1. The lowest BCUT2D eigenvalue weighted by molar-refractivity contribution is 0.191. The van der Waals surface area contributed by atoms with Gasteiger partial charge in [0.1, 0.15) is 11.2 Å². The lowest BCUT2D eigenvalue weighted by Crippen LogP contribution is -2.42. The summed E-state index contributed by atoms with van der Waals surface area (Å²) in [4.78, 5) is 35.4. The molecule has 3 heterocycles. The number of fused-ring (bicyclic) bond motifs is 1. The Labute approximate surface area is 188 Å². The van der Waals surface area contributed by atoms with Crippen molar-refractivity contribution >= 4 is 22.8 Å². The van der Waals surface area contributed by atoms with Gasteiger partial charge in [0.15, 0.2) is 5.65 Å². The fourth-order valence-corrected chi connectivity index (χ4v) is 4.27. The number of urea groups is 1. The molecule has 4 rings (SSSR count). The summed E-state index contributed by atoms with van der Waals surface area (Å²) < 4.78 is 1.82. The topological polar surface area (TPSA) is 95.9 Å². The number of hydrogen-bond acceptors (Lipinski definition) is 4. The van der Waals surface area contributed by atoms with E-state index in [1.165, 1.54) is 5.56 Å². The summed E-state index contributed by atoms with van der Waals surface area (Å²) in [6, 6.07) is 5.79. The number of aromatic amines is 1. The molecule has 0 bridgehead atoms. The van der Waals surface area contributed by atoms with Gasteiger partial charge in [-0.3, -0.25) is 4.79 Å². The molecule has 1 aromatic carbocycles. The highest BCUT2D eigenvalue weighted by Crippen LogP contribution is 2.27. The fourth-order valence-electron chi connectivity index (χ4n) is 4.27. The van der Waals surface area contributed by atoms with Crippen LogP contribution >= 0.6 is 0 Å². The maximum Gasteiger partial charge on any atom is 0.321 e. The summed E-state index contributed by atoms with van der Waals surface area (Å²) >= 11 is 0. The Morgan fingerprint density at radius 3 is 2.62 bits per heavy atom. The number of carbonyl (C=O) groups excluding carboxylic acids is 1. The Balaban J connectivity index is 1.59. The second-order valence-corrected chi connectivity index (χ2v) is 9.83. The number of aryl methyl sites for hydroxylation is 3. The van der Waals surface area contributed by atoms with Gasteiger partial charge in [-0.25, -0.2) is 14.5 Å². The van der Waals surface area contributed by atoms with Crippen molar-refractivity contribution in [1.82, 2.24) is 24.6 Å². The van der Waals surface area contributed by atoms with Gasteiger partial charge < -0.3 is 15.2 Å². The van der Waals surface area contributed by atoms with Crippen molar-refractivity contribution in [3.05, 3.63) is 51.2 Å². The van der Waals surface area contributed by atoms with Crippen LogP contribution in [0.1, 0.15) is 62.2 Å². The Morgan fingerprint density at radius 1 is 1.19 bits per heavy atom. The quantitative estimate of drug-likeness (QED) is 0.629. The molecule has 1 fully saturated rings. The molecule has 170 valence electrons. The molecule has 8 nitrogen and oxygen atoms in total. The van der Waals surface area contributed by atoms with Gasteiger partial charge in [-0.15, -0.1) is 0 Å². The van der Waals surface area contributed by atoms with Crippen molar-refractivity contribution in [3.8, 4) is 0 Å². The van der Waals surface area contributed by atoms with E-state index in [1.807, 2.05) is 64.4 Å². The minimum atomic E-state index is -0.296. The fraction of sp³-hybridized carbons (Fsp3) is 0.500. The molecule has 2 aromatic heterocycles. The molecule has 8 heteroatoms. The number of piperidine rings is 1. The lowest BCUT2D eigenvalue weighted by Gasteiger charge is -2.32. The van der Waals surface area contributed by atoms with Gasteiger partial charge in [-0.2, -0.15) is 5.10 Å². The molecule has 1 atom stereocenters. The molecule has 2 N–H and O–H groups in total. The zero-order chi connectivity index (χ0) is 23.2. The number of rotatable bonds is 2. The number of nitrogens with zero attached hydrogens (tertiary/aromatic N) is 4. The van der Waals surface area contributed by atoms with Crippen LogP contribution in [0.2, 0.25) is 0 Å². The molecular weight excluding hydrogens is 404 g/mol. The third-order valence-corrected chi connectivity index (χ3v) is 6.22. The minimum absolute atomic E-state index is 0.0324. The molecule has 1 aliphatic rings. The van der Waals surface area contributed by atoms with E-state index in [0.717, 1.165) is 24.1 Å². The lowest BCUT2D eigenvalue weighted by atomic mass is 9.97. The van der Waals surface area contributed by atoms with Crippen LogP contribution in [0.4, 0.5) is 10.5 Å². The second kappa shape index (κ2) is 8.07. The number of hydrogen-bond donors (Lipinski definition) is 2. The molecule has 0 aliphatic carbocycles. The summed E-state index contributed by atoms with van der Waals surface area (Å²) in [6.45, 7) is 13.2. The maximum atomic E-state index is 12.9. The Kier molecular flexibility index (Phi) is 5.56. The minimum Gasteiger partial charge on any atom is -0.324 e. The van der Waals surface area contributed by atoms with Gasteiger partial charge in [-0.1, -0.05) is 6.07 Å². The highest BCUT2D eigenvalue weighted by atomic mass is 16.2. The summed E-state index contributed by atoms with van der Waals surface area (Å²) in [5.74, 6) is 0.589. The van der Waals surface area contributed by atoms with Gasteiger partial charge in [0.2, 0.25) is 0 Å². The van der Waals surface area contributed by atoms with Crippen molar-refractivity contribution in [3.63, 3.8) is 0 Å². The van der Waals surface area contributed by atoms with Crippen molar-refractivity contribution < 1.29 is 4.79 Å². The third kappa shape index (κ3) is 4.13. The van der Waals surface area contributed by atoms with E-state index in [-0.39, 0.29) is 23.0 Å². The Bertz CT molecular complexity index is 1230. The second-order valence-electron chi connectivity index (χ2n) is 9.83. The number of likely N-dealkylation sites (tertiary alicyclic amines) is 1. The predicted octanol–water partition coefficient (Wildman–Crippen LogP) is 4.21. The summed E-state index contributed by atoms with van der Waals surface area (Å²) in [7, 11) is 0. The smallest absolute Gasteiger partial charge is 0.321 e. The van der Waals surface area contributed by atoms with E-state index in [4.69, 9.17) is 4.98 Å². The number of carbonyl (C=O) groups is 1. The predicted molar refractivity (Wildman–Crippen MR) is 126 cm³/mol. The molecule has 32 heavy (non-hydrogen) atoms. The number of amides is 2. The third-order valence-electron chi connectivity index (χ3n) is 6.22. The van der Waals surface area contributed by atoms with Crippen LogP contribution in [0.5, 0.6) is 0 Å². The van der Waals surface area contributed by atoms with Crippen molar-refractivity contribution in [2.45, 2.75) is 65.8 Å². The Morgan fingerprint density at radius 2 is 1.94 bits per heavy atom. The number of benzene rings is 1. The van der Waals surface area contributed by atoms with Crippen molar-refractivity contribution in [2.75, 3.05) is 18.4 Å². The molecular formula is C24H32N6O2. The molecule has 1 aliphatic heterocycles. The van der Waals surface area contributed by atoms with Gasteiger partial charge in [0.25, 0.3) is 5.56 Å². The number of H-pyrrole nitrogens is 1. The highest BCUT2D eigenvalue weighted by molar-refractivity contribution is 5.89. The standard InChI is InChI=1S/C24H32N6O2/c1-14-9-10-18(12-15(14)2)25-23(32)29-11-7-8-17(13-29)20-26-21-19(22(31)27-20)16(3)28-30(21)24(4,5)6/h9-10,12,17H,7-8,11,13H2,1-6H3,(H,25,32)(H,26,27,31). The Hall–Kier alpha value is -3.16. The zero-order valence-electron chi connectivity index (χ0n) is 19.7. The van der Waals surface area contributed by atoms with E-state index in [1.54, 1.807) is 4.90 Å². The van der Waals surface area contributed by atoms with Crippen LogP contribution in [0, 0.1) is 20.8 Å². The van der Waals surface area contributed by atoms with E-state index in [2.05, 4.69) is 15.4 Å². The number of anilines is 1. The maximum absolute atomic E-state index is 12.9. The molecule has 1 unspecified atom stereocenters. The van der Waals surface area contributed by atoms with Crippen LogP contribution in [-0.2, 0) is 5.54 Å². The molecule has 1 saturated heterocycles. The zero-order valence-corrected chi connectivity index (χ0v) is 19.7. The van der Waals surface area contributed by atoms with Crippen LogP contribution in [0.15, 0.2) is 23.0 Å². The largest absolute Gasteiger partial charge is 0.324 e. The van der Waals surface area contributed by atoms with Gasteiger partial charge in [0, 0.05) is 24.7 Å². The number of aromatic nitrogens is 4. The van der Waals surface area contributed by atoms with Crippen LogP contribution in [-0.4, -0.2) is 43.8 Å². The van der Waals surface area contributed by atoms with E-state index < -0.39 is 0 Å². The van der Waals surface area contributed by atoms with E-state index in [9.17, 15) is 9.59 Å². The van der Waals surface area contributed by atoms with Crippen molar-refractivity contribution in [1.29, 1.82) is 0 Å². The average molecular weight is 437 g/mol. The number of nitrogens with one attached hydrogen (secondary N) is 2. The van der Waals surface area contributed by atoms with Gasteiger partial charge in [0.05, 0.1) is 11.2 Å². The van der Waals surface area contributed by atoms with Gasteiger partial charge >= 0.3 is 6.03 Å². The summed E-state index contributed by atoms with van der Waals surface area (Å²) in [5.41, 5.74) is 3.93. The molecule has 2 amide bonds. The first kappa shape index (κ1) is 22.0. The van der Waals surface area contributed by atoms with Crippen molar-refractivity contribution in [2.24, 2.45) is 0 Å².